The van der Waals surface area contributed by atoms with Gasteiger partial charge in [-0.1, -0.05) is 0 Å². The molecule has 1 fully saturated rings. The average Bonchev–Trinajstić information content (AvgIpc) is 3.47. The molecule has 1 aromatic carbocycles. The van der Waals surface area contributed by atoms with Gasteiger partial charge < -0.3 is 24.8 Å². The highest BCUT2D eigenvalue weighted by molar-refractivity contribution is 6.14. The van der Waals surface area contributed by atoms with Crippen LogP contribution in [0.3, 0.4) is 0 Å². The van der Waals surface area contributed by atoms with Gasteiger partial charge in [0.25, 0.3) is 0 Å². The number of imidazole rings is 1. The first-order valence-corrected chi connectivity index (χ1v) is 12.5. The molecule has 0 amide bonds. The Labute approximate surface area is 225 Å². The summed E-state index contributed by atoms with van der Waals surface area (Å²) in [6.07, 6.45) is 10.4. The molecule has 3 atom stereocenters. The van der Waals surface area contributed by atoms with E-state index < -0.39 is 11.9 Å². The Hall–Kier alpha value is -4.51. The van der Waals surface area contributed by atoms with Crippen molar-refractivity contribution in [1.29, 1.82) is 0 Å². The Kier molecular flexibility index (Phi) is 8.72. The lowest BCUT2D eigenvalue weighted by molar-refractivity contribution is -0.134. The molecule has 3 heterocycles. The van der Waals surface area contributed by atoms with Crippen molar-refractivity contribution in [2.24, 2.45) is 4.99 Å². The van der Waals surface area contributed by atoms with Crippen molar-refractivity contribution in [3.8, 4) is 17.3 Å². The molecule has 204 valence electrons. The third kappa shape index (κ3) is 6.50. The fourth-order valence-corrected chi connectivity index (χ4v) is 4.82. The Bertz CT molecular complexity index is 1350. The number of methoxy groups -OCH3 is 1. The van der Waals surface area contributed by atoms with Crippen molar-refractivity contribution >= 4 is 17.7 Å². The Balaban J connectivity index is 0.000000386. The van der Waals surface area contributed by atoms with Crippen LogP contribution in [0.5, 0.6) is 11.5 Å². The van der Waals surface area contributed by atoms with Crippen molar-refractivity contribution in [1.82, 2.24) is 14.5 Å². The van der Waals surface area contributed by atoms with Crippen LogP contribution >= 0.6 is 0 Å². The van der Waals surface area contributed by atoms with E-state index in [9.17, 15) is 14.7 Å². The van der Waals surface area contributed by atoms with E-state index >= 15 is 0 Å². The zero-order chi connectivity index (χ0) is 27.9. The maximum atomic E-state index is 10.3. The van der Waals surface area contributed by atoms with Gasteiger partial charge in [0.15, 0.2) is 11.5 Å². The Morgan fingerprint density at radius 1 is 1.13 bits per heavy atom. The molecule has 0 spiro atoms. The third-order valence-electron chi connectivity index (χ3n) is 6.53. The average molecular weight is 535 g/mol. The summed E-state index contributed by atoms with van der Waals surface area (Å²) in [7, 11) is 1.65. The van der Waals surface area contributed by atoms with Crippen molar-refractivity contribution in [2.75, 3.05) is 13.7 Å². The standard InChI is InChI=1S/C24H26N4O3.C4H4O4/c1-3-31-22-11-17-18-10-16(29)5-6-20(18)27-24(19(17)12-21(22)30-2)15-4-7-23(26-13-15)28-9-8-25-14-28;5-3(6)1-2-4(7)8/h4,7-9,11-14,16,18,20,29H,3,5-6,10H2,1-2H3;1-2H,(H,5,6)(H,7,8)/t16-,18-,20-;/m1./s1. The van der Waals surface area contributed by atoms with Crippen LogP contribution in [0.25, 0.3) is 5.82 Å². The maximum Gasteiger partial charge on any atom is 0.328 e. The number of hydrogen-bond acceptors (Lipinski definition) is 8. The summed E-state index contributed by atoms with van der Waals surface area (Å²) in [5, 5.41) is 26.0. The number of pyridine rings is 1. The van der Waals surface area contributed by atoms with Gasteiger partial charge >= 0.3 is 11.9 Å². The molecule has 3 aromatic rings. The van der Waals surface area contributed by atoms with Gasteiger partial charge in [0.2, 0.25) is 0 Å². The molecule has 1 aliphatic heterocycles. The number of aliphatic hydroxyl groups excluding tert-OH is 1. The van der Waals surface area contributed by atoms with Crippen molar-refractivity contribution in [3.05, 3.63) is 78.0 Å². The first kappa shape index (κ1) is 27.5. The molecule has 2 aliphatic rings. The van der Waals surface area contributed by atoms with Crippen LogP contribution in [0.2, 0.25) is 0 Å². The minimum Gasteiger partial charge on any atom is -0.493 e. The molecule has 5 rings (SSSR count). The second-order valence-electron chi connectivity index (χ2n) is 9.03. The van der Waals surface area contributed by atoms with E-state index in [1.54, 1.807) is 19.6 Å². The van der Waals surface area contributed by atoms with Crippen LogP contribution in [-0.4, -0.2) is 73.4 Å². The van der Waals surface area contributed by atoms with E-state index in [1.807, 2.05) is 42.1 Å². The molecule has 39 heavy (non-hydrogen) atoms. The van der Waals surface area contributed by atoms with E-state index in [2.05, 4.69) is 16.0 Å². The van der Waals surface area contributed by atoms with Crippen LogP contribution in [0.4, 0.5) is 0 Å². The van der Waals surface area contributed by atoms with E-state index in [-0.39, 0.29) is 18.1 Å². The largest absolute Gasteiger partial charge is 0.493 e. The number of carboxylic acids is 2. The van der Waals surface area contributed by atoms with E-state index in [1.165, 1.54) is 0 Å². The lowest BCUT2D eigenvalue weighted by atomic mass is 9.74. The Morgan fingerprint density at radius 2 is 1.90 bits per heavy atom. The minimum atomic E-state index is -1.26. The summed E-state index contributed by atoms with van der Waals surface area (Å²) in [6, 6.07) is 8.25. The van der Waals surface area contributed by atoms with Crippen LogP contribution < -0.4 is 9.47 Å². The molecule has 11 nitrogen and oxygen atoms in total. The first-order chi connectivity index (χ1) is 18.8. The number of nitrogens with zero attached hydrogens (tertiary/aromatic N) is 4. The van der Waals surface area contributed by atoms with E-state index in [0.29, 0.717) is 30.9 Å². The summed E-state index contributed by atoms with van der Waals surface area (Å²) in [5.41, 5.74) is 4.06. The third-order valence-corrected chi connectivity index (χ3v) is 6.53. The van der Waals surface area contributed by atoms with E-state index in [4.69, 9.17) is 24.7 Å². The second-order valence-corrected chi connectivity index (χ2v) is 9.03. The van der Waals surface area contributed by atoms with Crippen LogP contribution in [0.15, 0.2) is 66.3 Å². The molecule has 2 aromatic heterocycles. The highest BCUT2D eigenvalue weighted by Crippen LogP contribution is 2.44. The number of benzene rings is 1. The number of hydrogen-bond donors (Lipinski definition) is 3. The van der Waals surface area contributed by atoms with Crippen LogP contribution in [-0.2, 0) is 9.59 Å². The number of aliphatic carboxylic acids is 2. The number of ether oxygens (including phenoxy) is 2. The zero-order valence-electron chi connectivity index (χ0n) is 21.6. The quantitative estimate of drug-likeness (QED) is 0.387. The molecular formula is C28H30N4O7. The molecule has 0 unspecified atom stereocenters. The van der Waals surface area contributed by atoms with Gasteiger partial charge in [0.1, 0.15) is 12.1 Å². The monoisotopic (exact) mass is 534 g/mol. The molecule has 0 bridgehead atoms. The number of aliphatic hydroxyl groups is 1. The SMILES string of the molecule is CCOc1cc2c(cc1OC)C(c1ccc(-n3ccnc3)nc1)=N[C@@H]1CC[C@@H](O)C[C@H]21.O=C(O)C=CC(=O)O. The summed E-state index contributed by atoms with van der Waals surface area (Å²) >= 11 is 0. The highest BCUT2D eigenvalue weighted by Gasteiger charge is 2.37. The molecule has 11 heteroatoms. The van der Waals surface area contributed by atoms with Crippen LogP contribution in [0.1, 0.15) is 48.8 Å². The molecular weight excluding hydrogens is 504 g/mol. The summed E-state index contributed by atoms with van der Waals surface area (Å²) < 4.78 is 13.3. The zero-order valence-corrected chi connectivity index (χ0v) is 21.6. The van der Waals surface area contributed by atoms with Gasteiger partial charge in [-0.2, -0.15) is 0 Å². The lowest BCUT2D eigenvalue weighted by Crippen LogP contribution is -2.34. The van der Waals surface area contributed by atoms with Crippen molar-refractivity contribution in [3.63, 3.8) is 0 Å². The van der Waals surface area contributed by atoms with Gasteiger partial charge in [0, 0.05) is 47.8 Å². The minimum absolute atomic E-state index is 0.141. The van der Waals surface area contributed by atoms with E-state index in [0.717, 1.165) is 46.8 Å². The number of aliphatic imine (C=N–C) groups is 1. The molecule has 3 N–H and O–H groups in total. The predicted molar refractivity (Wildman–Crippen MR) is 142 cm³/mol. The molecule has 1 saturated carbocycles. The smallest absolute Gasteiger partial charge is 0.328 e. The second kappa shape index (κ2) is 12.4. The molecule has 1 aliphatic carbocycles. The number of carbonyl (C=O) groups is 2. The number of rotatable bonds is 7. The van der Waals surface area contributed by atoms with Gasteiger partial charge in [-0.25, -0.2) is 19.6 Å². The number of aromatic nitrogens is 3. The molecule has 0 saturated heterocycles. The highest BCUT2D eigenvalue weighted by atomic mass is 16.5. The number of fused-ring (bicyclic) bond motifs is 3. The lowest BCUT2D eigenvalue weighted by Gasteiger charge is -2.37. The maximum absolute atomic E-state index is 10.3. The van der Waals surface area contributed by atoms with Crippen molar-refractivity contribution < 1.29 is 34.4 Å². The van der Waals surface area contributed by atoms with Gasteiger partial charge in [-0.05, 0) is 56.0 Å². The normalized spacial score (nSPS) is 19.7. The fraction of sp³-hybridized carbons (Fsp3) is 0.321. The van der Waals surface area contributed by atoms with Crippen molar-refractivity contribution in [2.45, 2.75) is 44.2 Å². The molecule has 0 radical (unpaired) electrons. The van der Waals surface area contributed by atoms with Gasteiger partial charge in [0.05, 0.1) is 31.6 Å². The predicted octanol–water partition coefficient (Wildman–Crippen LogP) is 3.23. The first-order valence-electron chi connectivity index (χ1n) is 12.5. The Morgan fingerprint density at radius 3 is 2.49 bits per heavy atom. The van der Waals surface area contributed by atoms with Crippen LogP contribution in [0, 0.1) is 0 Å². The summed E-state index contributed by atoms with van der Waals surface area (Å²) in [5.74, 6) is -0.116. The van der Waals surface area contributed by atoms with Gasteiger partial charge in [-0.15, -0.1) is 0 Å². The summed E-state index contributed by atoms with van der Waals surface area (Å²) in [4.78, 5) is 33.0. The summed E-state index contributed by atoms with van der Waals surface area (Å²) in [6.45, 7) is 2.53. The number of carboxylic acid groups (broad SMARTS) is 2. The van der Waals surface area contributed by atoms with Gasteiger partial charge in [-0.3, -0.25) is 9.56 Å². The topological polar surface area (TPSA) is 156 Å². The fourth-order valence-electron chi connectivity index (χ4n) is 4.82.